The van der Waals surface area contributed by atoms with Gasteiger partial charge >= 0.3 is 6.18 Å². The average Bonchev–Trinajstić information content (AvgIpc) is 3.44. The van der Waals surface area contributed by atoms with E-state index in [0.29, 0.717) is 29.2 Å². The van der Waals surface area contributed by atoms with Gasteiger partial charge in [-0.2, -0.15) is 13.2 Å². The first-order chi connectivity index (χ1) is 11.9. The molecule has 0 aromatic heterocycles. The van der Waals surface area contributed by atoms with Crippen molar-refractivity contribution in [2.45, 2.75) is 25.1 Å². The summed E-state index contributed by atoms with van der Waals surface area (Å²) in [6.07, 6.45) is -2.26. The van der Waals surface area contributed by atoms with Crippen molar-refractivity contribution in [3.63, 3.8) is 0 Å². The zero-order chi connectivity index (χ0) is 18.0. The van der Waals surface area contributed by atoms with E-state index in [4.69, 9.17) is 5.73 Å². The topological polar surface area (TPSA) is 55.1 Å². The lowest BCUT2D eigenvalue weighted by Crippen LogP contribution is -2.41. The van der Waals surface area contributed by atoms with E-state index in [9.17, 15) is 18.0 Å². The molecule has 1 saturated carbocycles. The zero-order valence-electron chi connectivity index (χ0n) is 13.9. The second kappa shape index (κ2) is 8.10. The van der Waals surface area contributed by atoms with Crippen molar-refractivity contribution in [1.29, 1.82) is 0 Å². The van der Waals surface area contributed by atoms with Gasteiger partial charge in [-0.25, -0.2) is 0 Å². The van der Waals surface area contributed by atoms with Crippen molar-refractivity contribution in [2.75, 3.05) is 6.54 Å². The fraction of sp³-hybridized carbons (Fsp3) is 0.316. The van der Waals surface area contributed by atoms with E-state index in [0.717, 1.165) is 25.0 Å². The summed E-state index contributed by atoms with van der Waals surface area (Å²) in [5, 5.41) is 2.95. The molecular formula is C19H20ClF3N2O. The number of amides is 1. The number of benzene rings is 2. The molecule has 1 aliphatic rings. The number of hydrogen-bond donors (Lipinski definition) is 2. The summed E-state index contributed by atoms with van der Waals surface area (Å²) >= 11 is 0. The molecule has 3 rings (SSSR count). The third-order valence-electron chi connectivity index (χ3n) is 4.46. The molecule has 7 heteroatoms. The van der Waals surface area contributed by atoms with Gasteiger partial charge in [-0.15, -0.1) is 12.4 Å². The monoisotopic (exact) mass is 384 g/mol. The summed E-state index contributed by atoms with van der Waals surface area (Å²) in [4.78, 5) is 12.6. The Morgan fingerprint density at radius 3 is 2.27 bits per heavy atom. The van der Waals surface area contributed by atoms with Crippen LogP contribution in [0, 0.1) is 5.92 Å². The zero-order valence-corrected chi connectivity index (χ0v) is 14.7. The van der Waals surface area contributed by atoms with Crippen molar-refractivity contribution >= 4 is 18.3 Å². The van der Waals surface area contributed by atoms with Crippen LogP contribution in [-0.4, -0.2) is 18.5 Å². The quantitative estimate of drug-likeness (QED) is 0.809. The van der Waals surface area contributed by atoms with Gasteiger partial charge in [0.1, 0.15) is 0 Å². The van der Waals surface area contributed by atoms with E-state index in [2.05, 4.69) is 5.32 Å². The molecule has 0 saturated heterocycles. The van der Waals surface area contributed by atoms with Gasteiger partial charge in [0.25, 0.3) is 5.91 Å². The highest BCUT2D eigenvalue weighted by molar-refractivity contribution is 6.01. The number of carbonyl (C=O) groups excluding carboxylic acids is 1. The maximum absolute atomic E-state index is 12.7. The lowest BCUT2D eigenvalue weighted by molar-refractivity contribution is -0.137. The van der Waals surface area contributed by atoms with Gasteiger partial charge in [-0.05, 0) is 48.1 Å². The van der Waals surface area contributed by atoms with Gasteiger partial charge in [0.05, 0.1) is 5.56 Å². The molecule has 1 amide bonds. The van der Waals surface area contributed by atoms with Crippen molar-refractivity contribution in [3.05, 3.63) is 59.7 Å². The SMILES string of the molecule is Cl.NCC(NC(=O)c1ccccc1-c1ccc(C(F)(F)F)cc1)C1CC1. The largest absolute Gasteiger partial charge is 0.416 e. The van der Waals surface area contributed by atoms with Crippen LogP contribution in [0.1, 0.15) is 28.8 Å². The Labute approximate surface area is 156 Å². The molecule has 0 heterocycles. The molecule has 1 unspecified atom stereocenters. The van der Waals surface area contributed by atoms with Gasteiger partial charge in [0.2, 0.25) is 0 Å². The van der Waals surface area contributed by atoms with Gasteiger partial charge in [-0.1, -0.05) is 30.3 Å². The standard InChI is InChI=1S/C19H19F3N2O.ClH/c20-19(21,22)14-9-7-12(8-10-14)15-3-1-2-4-16(15)18(25)24-17(11-23)13-5-6-13;/h1-4,7-10,13,17H,5-6,11,23H2,(H,24,25);1H. The van der Waals surface area contributed by atoms with Crippen molar-refractivity contribution < 1.29 is 18.0 Å². The predicted octanol–water partition coefficient (Wildman–Crippen LogP) is 4.26. The Kier molecular flexibility index (Phi) is 6.31. The summed E-state index contributed by atoms with van der Waals surface area (Å²) in [5.41, 5.74) is 6.61. The maximum Gasteiger partial charge on any atom is 0.416 e. The third kappa shape index (κ3) is 4.56. The van der Waals surface area contributed by atoms with E-state index in [1.807, 2.05) is 0 Å². The molecule has 140 valence electrons. The van der Waals surface area contributed by atoms with Crippen LogP contribution >= 0.6 is 12.4 Å². The smallest absolute Gasteiger partial charge is 0.348 e. The van der Waals surface area contributed by atoms with Gasteiger partial charge in [0, 0.05) is 18.2 Å². The molecule has 3 N–H and O–H groups in total. The summed E-state index contributed by atoms with van der Waals surface area (Å²) in [5.74, 6) is 0.171. The molecule has 2 aromatic rings. The van der Waals surface area contributed by atoms with Crippen LogP contribution in [0.15, 0.2) is 48.5 Å². The molecule has 0 bridgehead atoms. The highest BCUT2D eigenvalue weighted by Crippen LogP contribution is 2.33. The Balaban J connectivity index is 0.00000243. The minimum Gasteiger partial charge on any atom is -0.348 e. The fourth-order valence-electron chi connectivity index (χ4n) is 2.89. The normalized spacial score (nSPS) is 15.1. The van der Waals surface area contributed by atoms with Crippen LogP contribution in [0.4, 0.5) is 13.2 Å². The van der Waals surface area contributed by atoms with Crippen molar-refractivity contribution in [3.8, 4) is 11.1 Å². The number of nitrogens with one attached hydrogen (secondary N) is 1. The van der Waals surface area contributed by atoms with Crippen LogP contribution in [0.2, 0.25) is 0 Å². The molecule has 1 aliphatic carbocycles. The molecule has 1 fully saturated rings. The summed E-state index contributed by atoms with van der Waals surface area (Å²) in [7, 11) is 0. The minimum atomic E-state index is -4.38. The first-order valence-electron chi connectivity index (χ1n) is 8.17. The summed E-state index contributed by atoms with van der Waals surface area (Å²) in [6.45, 7) is 0.374. The van der Waals surface area contributed by atoms with Crippen LogP contribution in [0.25, 0.3) is 11.1 Å². The highest BCUT2D eigenvalue weighted by atomic mass is 35.5. The van der Waals surface area contributed by atoms with Gasteiger partial charge in [-0.3, -0.25) is 4.79 Å². The van der Waals surface area contributed by atoms with Crippen molar-refractivity contribution in [1.82, 2.24) is 5.32 Å². The molecule has 0 aliphatic heterocycles. The number of hydrogen-bond acceptors (Lipinski definition) is 2. The molecule has 0 radical (unpaired) electrons. The summed E-state index contributed by atoms with van der Waals surface area (Å²) < 4.78 is 38.2. The molecule has 3 nitrogen and oxygen atoms in total. The number of nitrogens with two attached hydrogens (primary N) is 1. The Hall–Kier alpha value is -2.05. The van der Waals surface area contributed by atoms with Gasteiger partial charge < -0.3 is 11.1 Å². The average molecular weight is 385 g/mol. The molecule has 0 spiro atoms. The molecule has 2 aromatic carbocycles. The maximum atomic E-state index is 12.7. The van der Waals surface area contributed by atoms with Gasteiger partial charge in [0.15, 0.2) is 0 Å². The Bertz CT molecular complexity index is 758. The number of halogens is 4. The Morgan fingerprint density at radius 1 is 1.12 bits per heavy atom. The predicted molar refractivity (Wildman–Crippen MR) is 97.2 cm³/mol. The third-order valence-corrected chi connectivity index (χ3v) is 4.46. The summed E-state index contributed by atoms with van der Waals surface area (Å²) in [6, 6.07) is 11.6. The van der Waals surface area contributed by atoms with Crippen LogP contribution in [0.5, 0.6) is 0 Å². The molecule has 1 atom stereocenters. The second-order valence-corrected chi connectivity index (χ2v) is 6.27. The number of carbonyl (C=O) groups is 1. The first-order valence-corrected chi connectivity index (χ1v) is 8.17. The lowest BCUT2D eigenvalue weighted by Gasteiger charge is -2.18. The number of rotatable bonds is 5. The Morgan fingerprint density at radius 2 is 1.73 bits per heavy atom. The van der Waals surface area contributed by atoms with E-state index >= 15 is 0 Å². The number of alkyl halides is 3. The van der Waals surface area contributed by atoms with Crippen LogP contribution < -0.4 is 11.1 Å². The van der Waals surface area contributed by atoms with Crippen molar-refractivity contribution in [2.24, 2.45) is 11.7 Å². The van der Waals surface area contributed by atoms with E-state index in [1.54, 1.807) is 24.3 Å². The van der Waals surface area contributed by atoms with Crippen LogP contribution in [0.3, 0.4) is 0 Å². The van der Waals surface area contributed by atoms with Crippen LogP contribution in [-0.2, 0) is 6.18 Å². The lowest BCUT2D eigenvalue weighted by atomic mass is 9.97. The molecule has 26 heavy (non-hydrogen) atoms. The highest BCUT2D eigenvalue weighted by Gasteiger charge is 2.32. The first kappa shape index (κ1) is 20.3. The fourth-order valence-corrected chi connectivity index (χ4v) is 2.89. The molecular weight excluding hydrogens is 365 g/mol. The van der Waals surface area contributed by atoms with E-state index < -0.39 is 11.7 Å². The minimum absolute atomic E-state index is 0. The van der Waals surface area contributed by atoms with E-state index in [-0.39, 0.29) is 24.4 Å². The second-order valence-electron chi connectivity index (χ2n) is 6.27. The van der Waals surface area contributed by atoms with E-state index in [1.165, 1.54) is 12.1 Å².